The molecule has 0 saturated carbocycles. The third kappa shape index (κ3) is 3.87. The summed E-state index contributed by atoms with van der Waals surface area (Å²) in [7, 11) is 1.95. The maximum absolute atomic E-state index is 12.3. The maximum Gasteiger partial charge on any atom is 0.410 e. The van der Waals surface area contributed by atoms with Crippen molar-refractivity contribution in [3.8, 4) is 0 Å². The Bertz CT molecular complexity index is 295. The molecule has 0 radical (unpaired) electrons. The predicted molar refractivity (Wildman–Crippen MR) is 73.7 cm³/mol. The Balaban J connectivity index is 2.80. The number of nitrogens with one attached hydrogen (secondary N) is 1. The lowest BCUT2D eigenvalue weighted by atomic mass is 9.86. The van der Waals surface area contributed by atoms with E-state index in [1.165, 1.54) is 6.42 Å². The second kappa shape index (κ2) is 5.47. The smallest absolute Gasteiger partial charge is 0.410 e. The van der Waals surface area contributed by atoms with Crippen molar-refractivity contribution in [1.82, 2.24) is 10.2 Å². The summed E-state index contributed by atoms with van der Waals surface area (Å²) in [6.45, 7) is 10.8. The normalized spacial score (nSPS) is 21.9. The molecular formula is C14H28N2O2. The van der Waals surface area contributed by atoms with Gasteiger partial charge in [0, 0.05) is 12.1 Å². The van der Waals surface area contributed by atoms with Gasteiger partial charge < -0.3 is 15.0 Å². The molecule has 18 heavy (non-hydrogen) atoms. The molecule has 1 aliphatic rings. The van der Waals surface area contributed by atoms with Gasteiger partial charge >= 0.3 is 6.09 Å². The van der Waals surface area contributed by atoms with Gasteiger partial charge in [-0.15, -0.1) is 0 Å². The van der Waals surface area contributed by atoms with E-state index >= 15 is 0 Å². The van der Waals surface area contributed by atoms with Gasteiger partial charge in [0.2, 0.25) is 0 Å². The Morgan fingerprint density at radius 1 is 1.22 bits per heavy atom. The van der Waals surface area contributed by atoms with Crippen LogP contribution in [-0.2, 0) is 4.74 Å². The lowest BCUT2D eigenvalue weighted by molar-refractivity contribution is -0.00206. The molecule has 0 aliphatic carbocycles. The molecule has 1 amide bonds. The van der Waals surface area contributed by atoms with Crippen LogP contribution in [0.5, 0.6) is 0 Å². The van der Waals surface area contributed by atoms with E-state index in [1.54, 1.807) is 0 Å². The van der Waals surface area contributed by atoms with Gasteiger partial charge in [0.05, 0.1) is 6.04 Å². The van der Waals surface area contributed by atoms with E-state index in [4.69, 9.17) is 4.74 Å². The number of hydrogen-bond acceptors (Lipinski definition) is 3. The first kappa shape index (κ1) is 15.3. The van der Waals surface area contributed by atoms with Crippen molar-refractivity contribution in [2.24, 2.45) is 0 Å². The second-order valence-electron chi connectivity index (χ2n) is 6.66. The lowest BCUT2D eigenvalue weighted by Gasteiger charge is -2.45. The fourth-order valence-electron chi connectivity index (χ4n) is 2.39. The molecule has 1 heterocycles. The number of carbonyl (C=O) groups excluding carboxylic acids is 1. The van der Waals surface area contributed by atoms with Crippen LogP contribution in [0.3, 0.4) is 0 Å². The van der Waals surface area contributed by atoms with Crippen LogP contribution in [0, 0.1) is 0 Å². The van der Waals surface area contributed by atoms with Gasteiger partial charge in [-0.1, -0.05) is 0 Å². The first-order valence-corrected chi connectivity index (χ1v) is 6.86. The standard InChI is InChI=1S/C14H28N2O2/c1-13(2,3)18-12(17)16-10-8-7-9-11(16)14(4,5)15-6/h11,15H,7-10H2,1-6H3. The van der Waals surface area contributed by atoms with Crippen molar-refractivity contribution in [2.75, 3.05) is 13.6 Å². The van der Waals surface area contributed by atoms with E-state index in [9.17, 15) is 4.79 Å². The molecule has 0 aromatic rings. The number of likely N-dealkylation sites (N-methyl/N-ethyl adjacent to an activating group) is 1. The fourth-order valence-corrected chi connectivity index (χ4v) is 2.39. The quantitative estimate of drug-likeness (QED) is 0.826. The van der Waals surface area contributed by atoms with Crippen molar-refractivity contribution in [3.63, 3.8) is 0 Å². The van der Waals surface area contributed by atoms with Crippen molar-refractivity contribution < 1.29 is 9.53 Å². The fraction of sp³-hybridized carbons (Fsp3) is 0.929. The molecule has 106 valence electrons. The van der Waals surface area contributed by atoms with Crippen molar-refractivity contribution in [2.45, 2.75) is 71.1 Å². The molecule has 4 heteroatoms. The Morgan fingerprint density at radius 2 is 1.83 bits per heavy atom. The number of carbonyl (C=O) groups is 1. The minimum atomic E-state index is -0.428. The van der Waals surface area contributed by atoms with Crippen molar-refractivity contribution in [3.05, 3.63) is 0 Å². The Morgan fingerprint density at radius 3 is 2.33 bits per heavy atom. The predicted octanol–water partition coefficient (Wildman–Crippen LogP) is 2.77. The molecule has 0 aromatic carbocycles. The molecular weight excluding hydrogens is 228 g/mol. The maximum atomic E-state index is 12.3. The van der Waals surface area contributed by atoms with E-state index in [1.807, 2.05) is 32.7 Å². The Hall–Kier alpha value is -0.770. The number of likely N-dealkylation sites (tertiary alicyclic amines) is 1. The zero-order valence-electron chi connectivity index (χ0n) is 12.7. The van der Waals surface area contributed by atoms with Gasteiger partial charge in [0.1, 0.15) is 5.60 Å². The summed E-state index contributed by atoms with van der Waals surface area (Å²) >= 11 is 0. The summed E-state index contributed by atoms with van der Waals surface area (Å²) in [5, 5.41) is 3.31. The average Bonchev–Trinajstić information content (AvgIpc) is 2.27. The molecule has 1 atom stereocenters. The molecule has 1 fully saturated rings. The molecule has 1 aliphatic heterocycles. The monoisotopic (exact) mass is 256 g/mol. The summed E-state index contributed by atoms with van der Waals surface area (Å²) in [6, 6.07) is 0.200. The highest BCUT2D eigenvalue weighted by atomic mass is 16.6. The summed E-state index contributed by atoms with van der Waals surface area (Å²) in [4.78, 5) is 14.2. The van der Waals surface area contributed by atoms with Gasteiger partial charge in [0.25, 0.3) is 0 Å². The Labute approximate surface area is 111 Å². The van der Waals surface area contributed by atoms with E-state index in [0.717, 1.165) is 19.4 Å². The van der Waals surface area contributed by atoms with E-state index in [0.29, 0.717) is 0 Å². The molecule has 0 aromatic heterocycles. The van der Waals surface area contributed by atoms with Crippen LogP contribution in [0.15, 0.2) is 0 Å². The van der Waals surface area contributed by atoms with Gasteiger partial charge in [-0.05, 0) is 60.9 Å². The summed E-state index contributed by atoms with van der Waals surface area (Å²) in [5.41, 5.74) is -0.514. The molecule has 1 unspecified atom stereocenters. The summed E-state index contributed by atoms with van der Waals surface area (Å²) in [5.74, 6) is 0. The SMILES string of the molecule is CNC(C)(C)C1CCCCN1C(=O)OC(C)(C)C. The van der Waals surface area contributed by atoms with Gasteiger partial charge in [0.15, 0.2) is 0 Å². The Kier molecular flexibility index (Phi) is 4.65. The minimum absolute atomic E-state index is 0.0860. The number of amides is 1. The zero-order chi connectivity index (χ0) is 14.0. The van der Waals surface area contributed by atoms with E-state index in [-0.39, 0.29) is 17.7 Å². The number of ether oxygens (including phenoxy) is 1. The minimum Gasteiger partial charge on any atom is -0.444 e. The van der Waals surface area contributed by atoms with Crippen LogP contribution in [0.25, 0.3) is 0 Å². The van der Waals surface area contributed by atoms with Crippen LogP contribution in [0.2, 0.25) is 0 Å². The molecule has 0 spiro atoms. The highest BCUT2D eigenvalue weighted by Gasteiger charge is 2.38. The van der Waals surface area contributed by atoms with Crippen LogP contribution in [-0.4, -0.2) is 41.8 Å². The van der Waals surface area contributed by atoms with Crippen molar-refractivity contribution >= 4 is 6.09 Å². The van der Waals surface area contributed by atoms with Crippen LogP contribution >= 0.6 is 0 Å². The highest BCUT2D eigenvalue weighted by molar-refractivity contribution is 5.69. The zero-order valence-corrected chi connectivity index (χ0v) is 12.7. The third-order valence-electron chi connectivity index (χ3n) is 3.61. The lowest BCUT2D eigenvalue weighted by Crippen LogP contribution is -2.60. The third-order valence-corrected chi connectivity index (χ3v) is 3.61. The number of hydrogen-bond donors (Lipinski definition) is 1. The molecule has 1 saturated heterocycles. The van der Waals surface area contributed by atoms with Crippen LogP contribution in [0.4, 0.5) is 4.79 Å². The van der Waals surface area contributed by atoms with Gasteiger partial charge in [-0.2, -0.15) is 0 Å². The number of nitrogens with zero attached hydrogens (tertiary/aromatic N) is 1. The van der Waals surface area contributed by atoms with Crippen molar-refractivity contribution in [1.29, 1.82) is 0 Å². The van der Waals surface area contributed by atoms with E-state index < -0.39 is 5.60 Å². The molecule has 0 bridgehead atoms. The molecule has 1 rings (SSSR count). The number of piperidine rings is 1. The van der Waals surface area contributed by atoms with Crippen LogP contribution in [0.1, 0.15) is 53.9 Å². The average molecular weight is 256 g/mol. The van der Waals surface area contributed by atoms with Gasteiger partial charge in [-0.3, -0.25) is 0 Å². The topological polar surface area (TPSA) is 41.6 Å². The largest absolute Gasteiger partial charge is 0.444 e. The molecule has 1 N–H and O–H groups in total. The molecule has 4 nitrogen and oxygen atoms in total. The van der Waals surface area contributed by atoms with Gasteiger partial charge in [-0.25, -0.2) is 4.79 Å². The highest BCUT2D eigenvalue weighted by Crippen LogP contribution is 2.27. The van der Waals surface area contributed by atoms with E-state index in [2.05, 4.69) is 19.2 Å². The summed E-state index contributed by atoms with van der Waals surface area (Å²) in [6.07, 6.45) is 3.09. The summed E-state index contributed by atoms with van der Waals surface area (Å²) < 4.78 is 5.51. The first-order valence-electron chi connectivity index (χ1n) is 6.86. The second-order valence-corrected chi connectivity index (χ2v) is 6.66. The first-order chi connectivity index (χ1) is 8.17. The van der Waals surface area contributed by atoms with Crippen LogP contribution < -0.4 is 5.32 Å². The number of rotatable bonds is 2.